The Morgan fingerprint density at radius 1 is 1.02 bits per heavy atom. The minimum atomic E-state index is -1.08. The number of rotatable bonds is 12. The summed E-state index contributed by atoms with van der Waals surface area (Å²) in [6, 6.07) is 14.1. The number of carbonyl (C=O) groups excluding carboxylic acids is 2. The zero-order valence-electron chi connectivity index (χ0n) is 24.5. The molecule has 1 aliphatic rings. The van der Waals surface area contributed by atoms with Crippen LogP contribution in [0.3, 0.4) is 0 Å². The molecule has 1 unspecified atom stereocenters. The van der Waals surface area contributed by atoms with Crippen LogP contribution in [0.15, 0.2) is 48.5 Å². The number of nitrogens with zero attached hydrogens (tertiary/aromatic N) is 2. The molecule has 0 aliphatic carbocycles. The monoisotopic (exact) mass is 564 g/mol. The summed E-state index contributed by atoms with van der Waals surface area (Å²) in [5, 5.41) is 12.6. The standard InChI is InChI=1S/C33H41FN2O5/c1-22(2)33-28(15-14-25(37)20-26(38)21-31(39)40-4)32(23(3)36(33)35-17-9-6-10-18-35)24-13-16-29(34)30(19-24)41-27-11-7-5-8-12-27/h5,7-8,11-13,16,19,22,26,38H,6,9-10,14-15,17-18,20-21H2,1-4H3. The van der Waals surface area contributed by atoms with Crippen molar-refractivity contribution in [2.45, 2.75) is 77.7 Å². The number of hydrogen-bond acceptors (Lipinski definition) is 6. The molecule has 41 heavy (non-hydrogen) atoms. The molecule has 8 heteroatoms. The minimum absolute atomic E-state index is 0.112. The maximum Gasteiger partial charge on any atom is 0.308 e. The van der Waals surface area contributed by atoms with Crippen LogP contribution >= 0.6 is 0 Å². The Kier molecular flexibility index (Phi) is 10.2. The second-order valence-electron chi connectivity index (χ2n) is 11.0. The molecule has 7 nitrogen and oxygen atoms in total. The number of esters is 1. The number of Topliss-reactive ketones (excluding diaryl/α,β-unsaturated/α-hetero) is 1. The molecular weight excluding hydrogens is 523 g/mol. The lowest BCUT2D eigenvalue weighted by Crippen LogP contribution is -2.41. The number of aliphatic hydroxyl groups is 1. The molecule has 1 N–H and O–H groups in total. The SMILES string of the molecule is COC(=O)CC(O)CC(=O)CCc1c(-c2ccc(F)c(Oc3ccccc3)c2)c(C)n(N2CCCCC2)c1C(C)C. The van der Waals surface area contributed by atoms with Gasteiger partial charge in [0.1, 0.15) is 11.5 Å². The lowest BCUT2D eigenvalue weighted by Gasteiger charge is -2.34. The number of carbonyl (C=O) groups is 2. The number of piperidine rings is 1. The second-order valence-corrected chi connectivity index (χ2v) is 11.0. The molecule has 0 spiro atoms. The molecule has 1 atom stereocenters. The summed E-state index contributed by atoms with van der Waals surface area (Å²) in [4.78, 5) is 24.4. The number of benzene rings is 2. The van der Waals surface area contributed by atoms with Crippen LogP contribution in [0.1, 0.15) is 75.2 Å². The van der Waals surface area contributed by atoms with Gasteiger partial charge in [0.2, 0.25) is 0 Å². The molecule has 1 fully saturated rings. The van der Waals surface area contributed by atoms with Gasteiger partial charge in [-0.2, -0.15) is 0 Å². The summed E-state index contributed by atoms with van der Waals surface area (Å²) in [7, 11) is 1.26. The van der Waals surface area contributed by atoms with Crippen molar-refractivity contribution >= 4 is 11.8 Å². The molecule has 220 valence electrons. The second kappa shape index (κ2) is 13.8. The number of aromatic nitrogens is 1. The molecule has 3 aromatic rings. The summed E-state index contributed by atoms with van der Waals surface area (Å²) >= 11 is 0. The van der Waals surface area contributed by atoms with Gasteiger partial charge in [0.25, 0.3) is 0 Å². The molecule has 0 amide bonds. The molecule has 0 radical (unpaired) electrons. The third kappa shape index (κ3) is 7.36. The van der Waals surface area contributed by atoms with Gasteiger partial charge in [0.15, 0.2) is 11.6 Å². The number of ether oxygens (including phenoxy) is 2. The molecule has 1 aliphatic heterocycles. The Morgan fingerprint density at radius 2 is 1.73 bits per heavy atom. The number of ketones is 1. The lowest BCUT2D eigenvalue weighted by atomic mass is 9.92. The van der Waals surface area contributed by atoms with Crippen LogP contribution in [0.2, 0.25) is 0 Å². The zero-order valence-corrected chi connectivity index (χ0v) is 24.5. The Bertz CT molecular complexity index is 1350. The van der Waals surface area contributed by atoms with E-state index in [1.165, 1.54) is 19.6 Å². The maximum atomic E-state index is 14.9. The fraction of sp³-hybridized carbons (Fsp3) is 0.455. The van der Waals surface area contributed by atoms with Gasteiger partial charge in [-0.25, -0.2) is 4.39 Å². The summed E-state index contributed by atoms with van der Waals surface area (Å²) in [5.41, 5.74) is 5.01. The van der Waals surface area contributed by atoms with Crippen molar-refractivity contribution in [3.05, 3.63) is 71.3 Å². The van der Waals surface area contributed by atoms with Gasteiger partial charge >= 0.3 is 5.97 Å². The Morgan fingerprint density at radius 3 is 2.39 bits per heavy atom. The number of hydrogen-bond donors (Lipinski definition) is 1. The molecule has 1 aromatic heterocycles. The highest BCUT2D eigenvalue weighted by atomic mass is 19.1. The third-order valence-electron chi connectivity index (χ3n) is 7.62. The fourth-order valence-corrected chi connectivity index (χ4v) is 5.76. The van der Waals surface area contributed by atoms with Crippen LogP contribution in [0.25, 0.3) is 11.1 Å². The highest BCUT2D eigenvalue weighted by Crippen LogP contribution is 2.40. The molecule has 0 saturated carbocycles. The van der Waals surface area contributed by atoms with Crippen LogP contribution in [-0.2, 0) is 20.7 Å². The normalized spacial score (nSPS) is 14.3. The number of para-hydroxylation sites is 1. The third-order valence-corrected chi connectivity index (χ3v) is 7.62. The molecule has 2 heterocycles. The Hall–Kier alpha value is -3.65. The van der Waals surface area contributed by atoms with Crippen LogP contribution in [0.4, 0.5) is 4.39 Å². The van der Waals surface area contributed by atoms with Crippen molar-refractivity contribution in [3.8, 4) is 22.6 Å². The van der Waals surface area contributed by atoms with Crippen LogP contribution in [0.5, 0.6) is 11.5 Å². The van der Waals surface area contributed by atoms with E-state index in [4.69, 9.17) is 4.74 Å². The average Bonchev–Trinajstić information content (AvgIpc) is 3.26. The largest absolute Gasteiger partial charge is 0.469 e. The quantitative estimate of drug-likeness (QED) is 0.255. The average molecular weight is 565 g/mol. The van der Waals surface area contributed by atoms with E-state index < -0.39 is 17.9 Å². The van der Waals surface area contributed by atoms with Gasteiger partial charge in [-0.1, -0.05) is 38.1 Å². The first-order chi connectivity index (χ1) is 19.7. The van der Waals surface area contributed by atoms with Crippen LogP contribution in [-0.4, -0.2) is 47.8 Å². The molecule has 2 aromatic carbocycles. The smallest absolute Gasteiger partial charge is 0.308 e. The number of halogens is 1. The predicted molar refractivity (Wildman–Crippen MR) is 158 cm³/mol. The van der Waals surface area contributed by atoms with Gasteiger partial charge < -0.3 is 19.6 Å². The van der Waals surface area contributed by atoms with Crippen molar-refractivity contribution in [1.82, 2.24) is 4.68 Å². The van der Waals surface area contributed by atoms with Crippen LogP contribution < -0.4 is 9.75 Å². The zero-order chi connectivity index (χ0) is 29.5. The van der Waals surface area contributed by atoms with E-state index in [0.717, 1.165) is 54.0 Å². The van der Waals surface area contributed by atoms with Gasteiger partial charge in [0, 0.05) is 42.9 Å². The summed E-state index contributed by atoms with van der Waals surface area (Å²) < 4.78 is 27.8. The maximum absolute atomic E-state index is 14.9. The molecule has 4 rings (SSSR count). The molecule has 1 saturated heterocycles. The van der Waals surface area contributed by atoms with Crippen molar-refractivity contribution in [3.63, 3.8) is 0 Å². The van der Waals surface area contributed by atoms with E-state index in [1.54, 1.807) is 24.3 Å². The van der Waals surface area contributed by atoms with E-state index in [9.17, 15) is 19.1 Å². The lowest BCUT2D eigenvalue weighted by molar-refractivity contribution is -0.143. The first-order valence-electron chi connectivity index (χ1n) is 14.5. The number of aliphatic hydroxyl groups excluding tert-OH is 1. The van der Waals surface area contributed by atoms with Crippen LogP contribution in [0, 0.1) is 12.7 Å². The van der Waals surface area contributed by atoms with Crippen molar-refractivity contribution in [2.75, 3.05) is 25.2 Å². The Balaban J connectivity index is 1.73. The van der Waals surface area contributed by atoms with E-state index in [-0.39, 0.29) is 36.7 Å². The topological polar surface area (TPSA) is 81.0 Å². The summed E-state index contributed by atoms with van der Waals surface area (Å²) in [6.07, 6.45) is 2.70. The van der Waals surface area contributed by atoms with E-state index in [1.807, 2.05) is 18.2 Å². The Labute approximate surface area is 241 Å². The molecule has 0 bridgehead atoms. The van der Waals surface area contributed by atoms with Crippen molar-refractivity contribution in [2.24, 2.45) is 0 Å². The summed E-state index contributed by atoms with van der Waals surface area (Å²) in [5.74, 6) is -0.277. The fourth-order valence-electron chi connectivity index (χ4n) is 5.76. The number of methoxy groups -OCH3 is 1. The van der Waals surface area contributed by atoms with Crippen molar-refractivity contribution in [1.29, 1.82) is 0 Å². The van der Waals surface area contributed by atoms with Crippen molar-refractivity contribution < 1.29 is 28.6 Å². The summed E-state index contributed by atoms with van der Waals surface area (Å²) in [6.45, 7) is 8.28. The first kappa shape index (κ1) is 30.3. The van der Waals surface area contributed by atoms with Gasteiger partial charge in [-0.15, -0.1) is 0 Å². The van der Waals surface area contributed by atoms with Gasteiger partial charge in [0.05, 0.1) is 19.6 Å². The highest BCUT2D eigenvalue weighted by molar-refractivity contribution is 5.81. The van der Waals surface area contributed by atoms with Gasteiger partial charge in [-0.05, 0) is 73.9 Å². The predicted octanol–water partition coefficient (Wildman–Crippen LogP) is 6.46. The first-order valence-corrected chi connectivity index (χ1v) is 14.5. The van der Waals surface area contributed by atoms with E-state index >= 15 is 0 Å². The minimum Gasteiger partial charge on any atom is -0.469 e. The molecular formula is C33H41FN2O5. The van der Waals surface area contributed by atoms with E-state index in [0.29, 0.717) is 12.2 Å². The van der Waals surface area contributed by atoms with E-state index in [2.05, 4.69) is 35.2 Å². The highest BCUT2D eigenvalue weighted by Gasteiger charge is 2.28. The van der Waals surface area contributed by atoms with Gasteiger partial charge in [-0.3, -0.25) is 14.3 Å².